The molecule has 0 aromatic rings. The lowest BCUT2D eigenvalue weighted by atomic mass is 9.99. The van der Waals surface area contributed by atoms with Crippen LogP contribution in [0.5, 0.6) is 0 Å². The lowest BCUT2D eigenvalue weighted by Gasteiger charge is -2.20. The third kappa shape index (κ3) is 3.19. The van der Waals surface area contributed by atoms with Crippen molar-refractivity contribution in [3.8, 4) is 0 Å². The van der Waals surface area contributed by atoms with Gasteiger partial charge in [-0.05, 0) is 12.8 Å². The molecule has 1 saturated heterocycles. The van der Waals surface area contributed by atoms with Crippen molar-refractivity contribution < 1.29 is 14.3 Å². The van der Waals surface area contributed by atoms with Crippen LogP contribution in [-0.2, 0) is 14.3 Å². The number of ether oxygens (including phenoxy) is 1. The number of hydrogen-bond acceptors (Lipinski definition) is 4. The molecule has 0 bridgehead atoms. The molecule has 0 spiro atoms. The first kappa shape index (κ1) is 14.0. The predicted molar refractivity (Wildman–Crippen MR) is 64.2 cm³/mol. The van der Waals surface area contributed by atoms with Crippen LogP contribution in [0.2, 0.25) is 0 Å². The Morgan fingerprint density at radius 2 is 2.24 bits per heavy atom. The van der Waals surface area contributed by atoms with Gasteiger partial charge in [-0.15, -0.1) is 0 Å². The third-order valence-electron chi connectivity index (χ3n) is 3.43. The average Bonchev–Trinajstić information content (AvgIpc) is 2.61. The molecular weight excluding hydrogens is 220 g/mol. The Kier molecular flexibility index (Phi) is 4.93. The fourth-order valence-electron chi connectivity index (χ4n) is 2.05. The van der Waals surface area contributed by atoms with Gasteiger partial charge in [-0.1, -0.05) is 20.3 Å². The van der Waals surface area contributed by atoms with Gasteiger partial charge in [0, 0.05) is 6.54 Å². The van der Waals surface area contributed by atoms with Gasteiger partial charge in [-0.3, -0.25) is 14.9 Å². The molecule has 1 rings (SSSR count). The molecule has 1 amide bonds. The molecule has 0 aromatic carbocycles. The van der Waals surface area contributed by atoms with Crippen LogP contribution in [0.4, 0.5) is 0 Å². The van der Waals surface area contributed by atoms with E-state index < -0.39 is 0 Å². The molecular formula is C12H22N2O3. The Balaban J connectivity index is 2.56. The molecule has 0 aliphatic carbocycles. The van der Waals surface area contributed by atoms with Crippen LogP contribution >= 0.6 is 0 Å². The van der Waals surface area contributed by atoms with Crippen molar-refractivity contribution >= 4 is 11.9 Å². The van der Waals surface area contributed by atoms with Crippen LogP contribution in [0.25, 0.3) is 0 Å². The van der Waals surface area contributed by atoms with Crippen molar-refractivity contribution in [1.82, 2.24) is 10.2 Å². The highest BCUT2D eigenvalue weighted by Gasteiger charge is 2.38. The maximum atomic E-state index is 12.1. The number of rotatable bonds is 5. The van der Waals surface area contributed by atoms with Gasteiger partial charge in [0.15, 0.2) is 0 Å². The van der Waals surface area contributed by atoms with E-state index in [-0.39, 0.29) is 30.5 Å². The van der Waals surface area contributed by atoms with Crippen LogP contribution in [0, 0.1) is 5.92 Å². The van der Waals surface area contributed by atoms with Crippen molar-refractivity contribution in [2.75, 3.05) is 13.7 Å². The number of nitrogens with one attached hydrogen (secondary N) is 1. The fourth-order valence-corrected chi connectivity index (χ4v) is 2.05. The minimum absolute atomic E-state index is 0.00819. The van der Waals surface area contributed by atoms with E-state index in [0.29, 0.717) is 12.5 Å². The minimum atomic E-state index is -0.281. The van der Waals surface area contributed by atoms with E-state index in [4.69, 9.17) is 0 Å². The smallest absolute Gasteiger partial charge is 0.307 e. The molecule has 1 N–H and O–H groups in total. The Bertz CT molecular complexity index is 293. The Labute approximate surface area is 102 Å². The summed E-state index contributed by atoms with van der Waals surface area (Å²) in [5, 5.41) is 3.27. The van der Waals surface area contributed by atoms with Gasteiger partial charge in [0.05, 0.1) is 25.7 Å². The van der Waals surface area contributed by atoms with E-state index in [1.54, 1.807) is 4.90 Å². The van der Waals surface area contributed by atoms with Crippen molar-refractivity contribution in [2.24, 2.45) is 5.92 Å². The largest absolute Gasteiger partial charge is 0.469 e. The summed E-state index contributed by atoms with van der Waals surface area (Å²) in [6.07, 6.45) is 1.20. The number of nitrogens with zero attached hydrogens (tertiary/aromatic N) is 1. The van der Waals surface area contributed by atoms with Crippen molar-refractivity contribution in [1.29, 1.82) is 0 Å². The summed E-state index contributed by atoms with van der Waals surface area (Å²) in [4.78, 5) is 24.9. The maximum Gasteiger partial charge on any atom is 0.307 e. The van der Waals surface area contributed by atoms with E-state index in [1.165, 1.54) is 7.11 Å². The standard InChI is InChI=1S/C12H22N2O3/c1-5-8(2)11-12(16)14(9(3)13-11)7-6-10(15)17-4/h8-9,11,13H,5-7H2,1-4H3. The summed E-state index contributed by atoms with van der Waals surface area (Å²) in [7, 11) is 1.36. The van der Waals surface area contributed by atoms with Crippen LogP contribution < -0.4 is 5.32 Å². The summed E-state index contributed by atoms with van der Waals surface area (Å²) in [6.45, 7) is 6.50. The first-order valence-electron chi connectivity index (χ1n) is 6.14. The predicted octanol–water partition coefficient (Wildman–Crippen LogP) is 0.742. The zero-order chi connectivity index (χ0) is 13.0. The molecule has 1 fully saturated rings. The van der Waals surface area contributed by atoms with E-state index in [9.17, 15) is 9.59 Å². The van der Waals surface area contributed by atoms with E-state index in [0.717, 1.165) is 6.42 Å². The van der Waals surface area contributed by atoms with Crippen molar-refractivity contribution in [3.63, 3.8) is 0 Å². The SMILES string of the molecule is CCC(C)C1NC(C)N(CCC(=O)OC)C1=O. The van der Waals surface area contributed by atoms with Crippen LogP contribution in [0.3, 0.4) is 0 Å². The van der Waals surface area contributed by atoms with Gasteiger partial charge in [0.1, 0.15) is 0 Å². The second-order valence-electron chi connectivity index (χ2n) is 4.56. The van der Waals surface area contributed by atoms with Crippen LogP contribution in [0.1, 0.15) is 33.6 Å². The number of carbonyl (C=O) groups is 2. The molecule has 1 aliphatic rings. The van der Waals surface area contributed by atoms with Crippen LogP contribution in [0.15, 0.2) is 0 Å². The van der Waals surface area contributed by atoms with Gasteiger partial charge >= 0.3 is 5.97 Å². The normalized spacial score (nSPS) is 26.1. The van der Waals surface area contributed by atoms with Gasteiger partial charge in [-0.2, -0.15) is 0 Å². The van der Waals surface area contributed by atoms with Crippen molar-refractivity contribution in [2.45, 2.75) is 45.8 Å². The van der Waals surface area contributed by atoms with E-state index in [2.05, 4.69) is 23.9 Å². The maximum absolute atomic E-state index is 12.1. The lowest BCUT2D eigenvalue weighted by molar-refractivity contribution is -0.141. The Morgan fingerprint density at radius 3 is 2.76 bits per heavy atom. The third-order valence-corrected chi connectivity index (χ3v) is 3.43. The molecule has 0 aromatic heterocycles. The summed E-state index contributed by atoms with van der Waals surface area (Å²) in [6, 6.07) is -0.118. The monoisotopic (exact) mass is 242 g/mol. The van der Waals surface area contributed by atoms with E-state index >= 15 is 0 Å². The first-order chi connectivity index (χ1) is 8.01. The average molecular weight is 242 g/mol. The molecule has 17 heavy (non-hydrogen) atoms. The molecule has 3 unspecified atom stereocenters. The summed E-state index contributed by atoms with van der Waals surface area (Å²) >= 11 is 0. The number of amides is 1. The molecule has 5 nitrogen and oxygen atoms in total. The van der Waals surface area contributed by atoms with Gasteiger partial charge in [-0.25, -0.2) is 0 Å². The second kappa shape index (κ2) is 6.00. The first-order valence-corrected chi connectivity index (χ1v) is 6.14. The topological polar surface area (TPSA) is 58.6 Å². The van der Waals surface area contributed by atoms with Gasteiger partial charge in [0.2, 0.25) is 5.91 Å². The zero-order valence-corrected chi connectivity index (χ0v) is 11.0. The molecule has 0 saturated carbocycles. The fraction of sp³-hybridized carbons (Fsp3) is 0.833. The zero-order valence-electron chi connectivity index (χ0n) is 11.0. The number of carbonyl (C=O) groups excluding carboxylic acids is 2. The number of hydrogen-bond donors (Lipinski definition) is 1. The van der Waals surface area contributed by atoms with E-state index in [1.807, 2.05) is 6.92 Å². The molecule has 5 heteroatoms. The van der Waals surface area contributed by atoms with Gasteiger partial charge in [0.25, 0.3) is 0 Å². The van der Waals surface area contributed by atoms with Crippen LogP contribution in [-0.4, -0.2) is 42.6 Å². The molecule has 0 radical (unpaired) electrons. The highest BCUT2D eigenvalue weighted by Crippen LogP contribution is 2.19. The number of methoxy groups -OCH3 is 1. The molecule has 98 valence electrons. The molecule has 1 aliphatic heterocycles. The Morgan fingerprint density at radius 1 is 1.59 bits per heavy atom. The summed E-state index contributed by atoms with van der Waals surface area (Å²) in [5.74, 6) is 0.126. The second-order valence-corrected chi connectivity index (χ2v) is 4.56. The number of esters is 1. The highest BCUT2D eigenvalue weighted by molar-refractivity contribution is 5.85. The van der Waals surface area contributed by atoms with Crippen molar-refractivity contribution in [3.05, 3.63) is 0 Å². The highest BCUT2D eigenvalue weighted by atomic mass is 16.5. The van der Waals surface area contributed by atoms with Gasteiger partial charge < -0.3 is 9.64 Å². The minimum Gasteiger partial charge on any atom is -0.469 e. The molecule has 1 heterocycles. The summed E-state index contributed by atoms with van der Waals surface area (Å²) < 4.78 is 4.58. The summed E-state index contributed by atoms with van der Waals surface area (Å²) in [5.41, 5.74) is 0. The quantitative estimate of drug-likeness (QED) is 0.722. The molecule has 3 atom stereocenters. The Hall–Kier alpha value is -1.10. The lowest BCUT2D eigenvalue weighted by Crippen LogP contribution is -2.36.